The lowest BCUT2D eigenvalue weighted by molar-refractivity contribution is 0.465. The molecule has 0 saturated carbocycles. The Morgan fingerprint density at radius 1 is 1.42 bits per heavy atom. The number of aromatic hydroxyl groups is 1. The molecule has 0 aliphatic rings. The van der Waals surface area contributed by atoms with Crippen LogP contribution in [0.1, 0.15) is 26.5 Å². The van der Waals surface area contributed by atoms with E-state index in [1.807, 2.05) is 6.07 Å². The van der Waals surface area contributed by atoms with E-state index in [0.29, 0.717) is 0 Å². The van der Waals surface area contributed by atoms with Gasteiger partial charge in [0.15, 0.2) is 0 Å². The number of hydrogen-bond donors (Lipinski definition) is 1. The molecule has 1 rings (SSSR count). The summed E-state index contributed by atoms with van der Waals surface area (Å²) in [6.07, 6.45) is 1.50. The molecule has 0 saturated heterocycles. The first-order chi connectivity index (χ1) is 5.41. The summed E-state index contributed by atoms with van der Waals surface area (Å²) in [4.78, 5) is 4.16. The summed E-state index contributed by atoms with van der Waals surface area (Å²) in [5.41, 5.74) is 1.05. The van der Waals surface area contributed by atoms with E-state index in [1.165, 1.54) is 6.20 Å². The Labute approximate surface area is 86.2 Å². The maximum absolute atomic E-state index is 9.24. The van der Waals surface area contributed by atoms with Gasteiger partial charge in [0.2, 0.25) is 0 Å². The van der Waals surface area contributed by atoms with Gasteiger partial charge in [0.25, 0.3) is 0 Å². The first kappa shape index (κ1) is 9.77. The van der Waals surface area contributed by atoms with Crippen molar-refractivity contribution in [1.82, 2.24) is 4.98 Å². The summed E-state index contributed by atoms with van der Waals surface area (Å²) in [6, 6.07) is 1.91. The van der Waals surface area contributed by atoms with Crippen molar-refractivity contribution in [3.05, 3.63) is 21.5 Å². The van der Waals surface area contributed by atoms with Crippen molar-refractivity contribution < 1.29 is 5.11 Å². The van der Waals surface area contributed by atoms with E-state index in [9.17, 15) is 5.11 Å². The zero-order chi connectivity index (χ0) is 9.35. The molecule has 12 heavy (non-hydrogen) atoms. The number of aromatic nitrogens is 1. The highest BCUT2D eigenvalue weighted by molar-refractivity contribution is 14.1. The molecule has 2 nitrogen and oxygen atoms in total. The molecule has 0 spiro atoms. The topological polar surface area (TPSA) is 33.1 Å². The minimum absolute atomic E-state index is 0.0492. The molecule has 0 unspecified atom stereocenters. The zero-order valence-corrected chi connectivity index (χ0v) is 9.58. The van der Waals surface area contributed by atoms with Crippen LogP contribution in [0.2, 0.25) is 0 Å². The third-order valence-electron chi connectivity index (χ3n) is 1.60. The Hall–Kier alpha value is -0.320. The molecular weight excluding hydrogens is 265 g/mol. The number of hydrogen-bond acceptors (Lipinski definition) is 2. The highest BCUT2D eigenvalue weighted by Gasteiger charge is 2.16. The molecule has 0 radical (unpaired) electrons. The van der Waals surface area contributed by atoms with Gasteiger partial charge in [-0.2, -0.15) is 0 Å². The van der Waals surface area contributed by atoms with E-state index in [0.717, 1.165) is 9.26 Å². The first-order valence-corrected chi connectivity index (χ1v) is 4.84. The molecule has 1 aromatic rings. The molecule has 66 valence electrons. The normalized spacial score (nSPS) is 11.7. The Morgan fingerprint density at radius 2 is 2.00 bits per heavy atom. The molecule has 0 bridgehead atoms. The maximum atomic E-state index is 9.24. The van der Waals surface area contributed by atoms with Gasteiger partial charge in [0, 0.05) is 11.1 Å². The molecule has 0 aliphatic heterocycles. The maximum Gasteiger partial charge on any atom is 0.147 e. The van der Waals surface area contributed by atoms with Crippen LogP contribution in [0.5, 0.6) is 5.75 Å². The van der Waals surface area contributed by atoms with Crippen LogP contribution in [0.25, 0.3) is 0 Å². The molecule has 1 aromatic heterocycles. The predicted octanol–water partition coefficient (Wildman–Crippen LogP) is 2.69. The third kappa shape index (κ3) is 2.09. The summed E-state index contributed by atoms with van der Waals surface area (Å²) < 4.78 is 0.854. The summed E-state index contributed by atoms with van der Waals surface area (Å²) in [7, 11) is 0. The quantitative estimate of drug-likeness (QED) is 0.740. The van der Waals surface area contributed by atoms with Gasteiger partial charge in [-0.05, 0) is 28.7 Å². The second kappa shape index (κ2) is 3.20. The van der Waals surface area contributed by atoms with E-state index in [2.05, 4.69) is 48.3 Å². The molecule has 1 heterocycles. The van der Waals surface area contributed by atoms with Gasteiger partial charge in [-0.1, -0.05) is 20.8 Å². The smallest absolute Gasteiger partial charge is 0.147 e. The van der Waals surface area contributed by atoms with E-state index in [-0.39, 0.29) is 11.2 Å². The minimum Gasteiger partial charge on any atom is -0.505 e. The number of nitrogens with zero attached hydrogens (tertiary/aromatic N) is 1. The van der Waals surface area contributed by atoms with Crippen LogP contribution >= 0.6 is 22.6 Å². The fraction of sp³-hybridized carbons (Fsp3) is 0.444. The summed E-state index contributed by atoms with van der Waals surface area (Å²) >= 11 is 2.10. The van der Waals surface area contributed by atoms with Crippen LogP contribution in [0.3, 0.4) is 0 Å². The largest absolute Gasteiger partial charge is 0.505 e. The SMILES string of the molecule is CC(C)(C)c1cc(I)c(O)cn1. The fourth-order valence-corrected chi connectivity index (χ4v) is 1.27. The fourth-order valence-electron chi connectivity index (χ4n) is 0.834. The van der Waals surface area contributed by atoms with Gasteiger partial charge in [-0.15, -0.1) is 0 Å². The monoisotopic (exact) mass is 277 g/mol. The van der Waals surface area contributed by atoms with Crippen LogP contribution in [-0.4, -0.2) is 10.1 Å². The van der Waals surface area contributed by atoms with Crippen LogP contribution in [0.15, 0.2) is 12.3 Å². The zero-order valence-electron chi connectivity index (χ0n) is 7.43. The number of halogens is 1. The van der Waals surface area contributed by atoms with E-state index < -0.39 is 0 Å². The number of pyridine rings is 1. The van der Waals surface area contributed by atoms with Crippen LogP contribution in [-0.2, 0) is 5.41 Å². The van der Waals surface area contributed by atoms with Gasteiger partial charge in [0.05, 0.1) is 9.77 Å². The molecule has 0 aromatic carbocycles. The van der Waals surface area contributed by atoms with Crippen molar-refractivity contribution in [2.24, 2.45) is 0 Å². The van der Waals surface area contributed by atoms with Crippen LogP contribution in [0.4, 0.5) is 0 Å². The van der Waals surface area contributed by atoms with E-state index >= 15 is 0 Å². The molecule has 0 aliphatic carbocycles. The molecule has 0 fully saturated rings. The van der Waals surface area contributed by atoms with Gasteiger partial charge in [0.1, 0.15) is 5.75 Å². The summed E-state index contributed by atoms with van der Waals surface area (Å²) in [5.74, 6) is 0.253. The highest BCUT2D eigenvalue weighted by Crippen LogP contribution is 2.25. The van der Waals surface area contributed by atoms with E-state index in [1.54, 1.807) is 0 Å². The first-order valence-electron chi connectivity index (χ1n) is 3.76. The summed E-state index contributed by atoms with van der Waals surface area (Å²) in [6.45, 7) is 6.30. The highest BCUT2D eigenvalue weighted by atomic mass is 127. The standard InChI is InChI=1S/C9H12INO/c1-9(2,3)8-4-6(10)7(12)5-11-8/h4-5,12H,1-3H3. The van der Waals surface area contributed by atoms with Gasteiger partial charge < -0.3 is 5.11 Å². The van der Waals surface area contributed by atoms with Crippen molar-refractivity contribution in [2.45, 2.75) is 26.2 Å². The van der Waals surface area contributed by atoms with Crippen LogP contribution < -0.4 is 0 Å². The average molecular weight is 277 g/mol. The Balaban J connectivity index is 3.14. The predicted molar refractivity (Wildman–Crippen MR) is 57.3 cm³/mol. The average Bonchev–Trinajstić information content (AvgIpc) is 1.92. The lowest BCUT2D eigenvalue weighted by atomic mass is 9.92. The lowest BCUT2D eigenvalue weighted by Crippen LogP contribution is -2.13. The van der Waals surface area contributed by atoms with Crippen molar-refractivity contribution in [2.75, 3.05) is 0 Å². The van der Waals surface area contributed by atoms with Gasteiger partial charge >= 0.3 is 0 Å². The molecule has 1 N–H and O–H groups in total. The van der Waals surface area contributed by atoms with E-state index in [4.69, 9.17) is 0 Å². The van der Waals surface area contributed by atoms with Crippen molar-refractivity contribution in [1.29, 1.82) is 0 Å². The van der Waals surface area contributed by atoms with Crippen molar-refractivity contribution in [3.63, 3.8) is 0 Å². The van der Waals surface area contributed by atoms with Crippen LogP contribution in [0, 0.1) is 3.57 Å². The minimum atomic E-state index is 0.0492. The third-order valence-corrected chi connectivity index (χ3v) is 2.47. The molecule has 0 atom stereocenters. The second-order valence-corrected chi connectivity index (χ2v) is 4.93. The Bertz CT molecular complexity index is 291. The van der Waals surface area contributed by atoms with Gasteiger partial charge in [-0.3, -0.25) is 4.98 Å². The number of rotatable bonds is 0. The lowest BCUT2D eigenvalue weighted by Gasteiger charge is -2.17. The Morgan fingerprint density at radius 3 is 2.42 bits per heavy atom. The summed E-state index contributed by atoms with van der Waals surface area (Å²) in [5, 5.41) is 9.24. The molecule has 3 heteroatoms. The van der Waals surface area contributed by atoms with Crippen molar-refractivity contribution >= 4 is 22.6 Å². The molecule has 0 amide bonds. The van der Waals surface area contributed by atoms with Crippen molar-refractivity contribution in [3.8, 4) is 5.75 Å². The molecular formula is C9H12INO. The van der Waals surface area contributed by atoms with Gasteiger partial charge in [-0.25, -0.2) is 0 Å². The Kier molecular flexibility index (Phi) is 2.61. The second-order valence-electron chi connectivity index (χ2n) is 3.77.